The highest BCUT2D eigenvalue weighted by Gasteiger charge is 2.18. The van der Waals surface area contributed by atoms with Crippen molar-refractivity contribution in [2.24, 2.45) is 0 Å². The van der Waals surface area contributed by atoms with Crippen LogP contribution in [0.1, 0.15) is 0 Å². The third kappa shape index (κ3) is 2.46. The first-order valence-electron chi connectivity index (χ1n) is 5.81. The van der Waals surface area contributed by atoms with Gasteiger partial charge in [-0.1, -0.05) is 11.6 Å². The molecule has 0 bridgehead atoms. The molecule has 2 aromatic heterocycles. The molecule has 0 aliphatic carbocycles. The van der Waals surface area contributed by atoms with Crippen LogP contribution in [0.5, 0.6) is 0 Å². The Morgan fingerprint density at radius 1 is 1.27 bits per heavy atom. The summed E-state index contributed by atoms with van der Waals surface area (Å²) in [5, 5.41) is 3.70. The molecule has 0 amide bonds. The first-order valence-corrected chi connectivity index (χ1v) is 8.08. The number of rotatable bonds is 2. The molecule has 0 fully saturated rings. The average Bonchev–Trinajstić information content (AvgIpc) is 2.81. The number of benzene rings is 1. The molecule has 114 valence electrons. The normalized spacial score (nSPS) is 12.0. The monoisotopic (exact) mass is 342 g/mol. The van der Waals surface area contributed by atoms with E-state index in [0.717, 1.165) is 16.8 Å². The van der Waals surface area contributed by atoms with E-state index in [1.807, 2.05) is 0 Å². The quantitative estimate of drug-likeness (QED) is 0.737. The van der Waals surface area contributed by atoms with Gasteiger partial charge in [-0.3, -0.25) is 0 Å². The van der Waals surface area contributed by atoms with Crippen molar-refractivity contribution in [2.75, 3.05) is 12.0 Å². The predicted molar refractivity (Wildman–Crippen MR) is 76.5 cm³/mol. The lowest BCUT2D eigenvalue weighted by molar-refractivity contribution is 0.592. The standard InChI is InChI=1S/C11H8ClFN6O2S/c1-22(20,21)11-16-9(14)19-10(17-11)15-8(18-19)6-3-2-5(13)4-7(6)12/h2-4H,1H3,(H2,14,15,16,17,18). The van der Waals surface area contributed by atoms with Gasteiger partial charge in [0.25, 0.3) is 10.9 Å². The minimum Gasteiger partial charge on any atom is -0.368 e. The van der Waals surface area contributed by atoms with Crippen LogP contribution in [0.2, 0.25) is 5.02 Å². The van der Waals surface area contributed by atoms with Crippen LogP contribution < -0.4 is 5.73 Å². The third-order valence-electron chi connectivity index (χ3n) is 2.72. The van der Waals surface area contributed by atoms with Crippen LogP contribution in [0.25, 0.3) is 17.2 Å². The number of nitrogens with two attached hydrogens (primary N) is 1. The van der Waals surface area contributed by atoms with E-state index in [-0.39, 0.29) is 22.6 Å². The summed E-state index contributed by atoms with van der Waals surface area (Å²) in [5.41, 5.74) is 6.01. The van der Waals surface area contributed by atoms with E-state index >= 15 is 0 Å². The fraction of sp³-hybridized carbons (Fsp3) is 0.0909. The number of nitrogens with zero attached hydrogens (tertiary/aromatic N) is 5. The van der Waals surface area contributed by atoms with Crippen molar-refractivity contribution >= 4 is 33.2 Å². The van der Waals surface area contributed by atoms with Gasteiger partial charge < -0.3 is 5.73 Å². The van der Waals surface area contributed by atoms with E-state index in [2.05, 4.69) is 20.1 Å². The average molecular weight is 343 g/mol. The molecule has 0 aliphatic rings. The number of halogens is 2. The molecule has 2 N–H and O–H groups in total. The van der Waals surface area contributed by atoms with Gasteiger partial charge in [0.2, 0.25) is 15.8 Å². The van der Waals surface area contributed by atoms with Gasteiger partial charge in [-0.15, -0.1) is 5.10 Å². The SMILES string of the molecule is CS(=O)(=O)c1nc(N)n2nc(-c3ccc(F)cc3Cl)nc2n1. The lowest BCUT2D eigenvalue weighted by Crippen LogP contribution is -2.11. The van der Waals surface area contributed by atoms with E-state index in [4.69, 9.17) is 17.3 Å². The molecule has 22 heavy (non-hydrogen) atoms. The third-order valence-corrected chi connectivity index (χ3v) is 3.88. The Hall–Kier alpha value is -2.33. The first kappa shape index (κ1) is 14.6. The van der Waals surface area contributed by atoms with E-state index in [0.29, 0.717) is 5.56 Å². The van der Waals surface area contributed by atoms with E-state index in [9.17, 15) is 12.8 Å². The zero-order valence-electron chi connectivity index (χ0n) is 11.0. The molecule has 0 unspecified atom stereocenters. The van der Waals surface area contributed by atoms with Gasteiger partial charge in [-0.25, -0.2) is 12.8 Å². The lowest BCUT2D eigenvalue weighted by Gasteiger charge is -1.99. The van der Waals surface area contributed by atoms with Gasteiger partial charge in [0.1, 0.15) is 5.82 Å². The number of aromatic nitrogens is 5. The number of nitrogen functional groups attached to an aromatic ring is 1. The molecule has 8 nitrogen and oxygen atoms in total. The molecule has 0 saturated carbocycles. The smallest absolute Gasteiger partial charge is 0.258 e. The van der Waals surface area contributed by atoms with Crippen LogP contribution in [-0.2, 0) is 9.84 Å². The number of sulfone groups is 1. The molecule has 3 aromatic rings. The van der Waals surface area contributed by atoms with Crippen molar-refractivity contribution < 1.29 is 12.8 Å². The summed E-state index contributed by atoms with van der Waals surface area (Å²) in [4.78, 5) is 11.5. The maximum Gasteiger partial charge on any atom is 0.258 e. The summed E-state index contributed by atoms with van der Waals surface area (Å²) >= 11 is 5.94. The van der Waals surface area contributed by atoms with Crippen molar-refractivity contribution in [1.29, 1.82) is 0 Å². The lowest BCUT2D eigenvalue weighted by atomic mass is 10.2. The summed E-state index contributed by atoms with van der Waals surface area (Å²) in [7, 11) is -3.64. The van der Waals surface area contributed by atoms with Gasteiger partial charge in [0, 0.05) is 11.8 Å². The van der Waals surface area contributed by atoms with Crippen molar-refractivity contribution in [2.45, 2.75) is 5.16 Å². The Labute approximate surface area is 128 Å². The second-order valence-corrected chi connectivity index (χ2v) is 6.72. The fourth-order valence-corrected chi connectivity index (χ4v) is 2.50. The Kier molecular flexibility index (Phi) is 3.22. The zero-order chi connectivity index (χ0) is 16.1. The Morgan fingerprint density at radius 3 is 2.64 bits per heavy atom. The molecule has 0 aliphatic heterocycles. The molecule has 0 saturated heterocycles. The van der Waals surface area contributed by atoms with Crippen LogP contribution >= 0.6 is 11.6 Å². The van der Waals surface area contributed by atoms with Gasteiger partial charge in [0.15, 0.2) is 5.82 Å². The Balaban J connectivity index is 2.24. The van der Waals surface area contributed by atoms with Gasteiger partial charge >= 0.3 is 0 Å². The van der Waals surface area contributed by atoms with Gasteiger partial charge in [-0.05, 0) is 18.2 Å². The summed E-state index contributed by atoms with van der Waals surface area (Å²) in [6.45, 7) is 0. The van der Waals surface area contributed by atoms with E-state index in [1.54, 1.807) is 0 Å². The molecule has 0 radical (unpaired) electrons. The number of hydrogen-bond acceptors (Lipinski definition) is 7. The highest BCUT2D eigenvalue weighted by atomic mass is 35.5. The predicted octanol–water partition coefficient (Wildman–Crippen LogP) is 0.964. The summed E-state index contributed by atoms with van der Waals surface area (Å²) < 4.78 is 37.1. The molecular weight excluding hydrogens is 335 g/mol. The number of fused-ring (bicyclic) bond motifs is 1. The Morgan fingerprint density at radius 2 is 2.00 bits per heavy atom. The maximum atomic E-state index is 13.1. The maximum absolute atomic E-state index is 13.1. The Bertz CT molecular complexity index is 1000. The van der Waals surface area contributed by atoms with Crippen molar-refractivity contribution in [1.82, 2.24) is 24.6 Å². The van der Waals surface area contributed by atoms with Gasteiger partial charge in [-0.2, -0.15) is 19.5 Å². The van der Waals surface area contributed by atoms with E-state index < -0.39 is 20.8 Å². The van der Waals surface area contributed by atoms with Crippen molar-refractivity contribution in [3.63, 3.8) is 0 Å². The summed E-state index contributed by atoms with van der Waals surface area (Å²) in [6, 6.07) is 3.71. The van der Waals surface area contributed by atoms with Crippen LogP contribution in [-0.4, -0.2) is 39.2 Å². The van der Waals surface area contributed by atoms with Crippen LogP contribution in [0.15, 0.2) is 23.4 Å². The summed E-state index contributed by atoms with van der Waals surface area (Å²) in [5.74, 6) is -0.626. The second-order valence-electron chi connectivity index (χ2n) is 4.41. The van der Waals surface area contributed by atoms with Crippen molar-refractivity contribution in [3.05, 3.63) is 29.0 Å². The summed E-state index contributed by atoms with van der Waals surface area (Å²) in [6.07, 6.45) is 0.951. The molecule has 11 heteroatoms. The van der Waals surface area contributed by atoms with E-state index in [1.165, 1.54) is 12.1 Å². The molecule has 3 rings (SSSR count). The second kappa shape index (κ2) is 4.85. The molecular formula is C11H8ClFN6O2S. The van der Waals surface area contributed by atoms with Crippen molar-refractivity contribution in [3.8, 4) is 11.4 Å². The highest BCUT2D eigenvalue weighted by molar-refractivity contribution is 7.90. The molecule has 0 atom stereocenters. The highest BCUT2D eigenvalue weighted by Crippen LogP contribution is 2.26. The van der Waals surface area contributed by atoms with Crippen LogP contribution in [0.4, 0.5) is 10.3 Å². The molecule has 2 heterocycles. The number of anilines is 1. The fourth-order valence-electron chi connectivity index (χ4n) is 1.74. The van der Waals surface area contributed by atoms with Crippen LogP contribution in [0, 0.1) is 5.82 Å². The minimum atomic E-state index is -3.64. The van der Waals surface area contributed by atoms with Gasteiger partial charge in [0.05, 0.1) is 5.02 Å². The zero-order valence-corrected chi connectivity index (χ0v) is 12.6. The first-order chi connectivity index (χ1) is 10.3. The number of hydrogen-bond donors (Lipinski definition) is 1. The topological polar surface area (TPSA) is 116 Å². The van der Waals surface area contributed by atoms with Crippen LogP contribution in [0.3, 0.4) is 0 Å². The molecule has 0 spiro atoms. The largest absolute Gasteiger partial charge is 0.368 e. The minimum absolute atomic E-state index is 0.0525. The molecule has 1 aromatic carbocycles.